The number of phosphoric ester groups is 1. The molecule has 3 fully saturated rings. The third kappa shape index (κ3) is 5.55. The second-order valence-electron chi connectivity index (χ2n) is 13.0. The molecule has 4 aliphatic rings. The number of fused-ring (bicyclic) bond motifs is 5. The highest BCUT2D eigenvalue weighted by Crippen LogP contribution is 2.67. The van der Waals surface area contributed by atoms with Crippen LogP contribution in [0.15, 0.2) is 11.6 Å². The van der Waals surface area contributed by atoms with Gasteiger partial charge in [0.25, 0.3) is 0 Å². The van der Waals surface area contributed by atoms with Crippen LogP contribution in [-0.2, 0) is 18.2 Å². The molecule has 0 aromatic carbocycles. The summed E-state index contributed by atoms with van der Waals surface area (Å²) in [6.45, 7) is 11.4. The van der Waals surface area contributed by atoms with Crippen LogP contribution in [0.4, 0.5) is 0 Å². The summed E-state index contributed by atoms with van der Waals surface area (Å²) in [6.07, 6.45) is 13.3. The lowest BCUT2D eigenvalue weighted by Crippen LogP contribution is -2.50. The molecule has 200 valence electrons. The van der Waals surface area contributed by atoms with E-state index >= 15 is 0 Å². The van der Waals surface area contributed by atoms with Gasteiger partial charge in [0.1, 0.15) is 0 Å². The van der Waals surface area contributed by atoms with Crippen molar-refractivity contribution in [2.75, 3.05) is 0 Å². The van der Waals surface area contributed by atoms with Gasteiger partial charge in [-0.25, -0.2) is 9.13 Å². The van der Waals surface area contributed by atoms with E-state index in [-0.39, 0.29) is 26.1 Å². The zero-order chi connectivity index (χ0) is 25.6. The molecule has 0 aliphatic heterocycles. The molecule has 8 heteroatoms. The van der Waals surface area contributed by atoms with E-state index < -0.39 is 13.9 Å². The van der Waals surface area contributed by atoms with Crippen molar-refractivity contribution >= 4 is 16.5 Å². The average molecular weight is 529 g/mol. The summed E-state index contributed by atoms with van der Waals surface area (Å²) in [7, 11) is -4.66. The van der Waals surface area contributed by atoms with Crippen molar-refractivity contribution in [3.05, 3.63) is 11.6 Å². The van der Waals surface area contributed by atoms with E-state index in [0.29, 0.717) is 23.7 Å². The zero-order valence-corrected chi connectivity index (χ0v) is 24.0. The highest BCUT2D eigenvalue weighted by Gasteiger charge is 2.59. The third-order valence-corrected chi connectivity index (χ3v) is 11.9. The Morgan fingerprint density at radius 2 is 1.83 bits per heavy atom. The molecule has 6 nitrogen and oxygen atoms in total. The highest BCUT2D eigenvalue weighted by molar-refractivity contribution is 7.46. The largest absolute Gasteiger partial charge is 0.469 e. The summed E-state index contributed by atoms with van der Waals surface area (Å²) in [6, 6.07) is 0. The van der Waals surface area contributed by atoms with E-state index in [9.17, 15) is 18.9 Å². The zero-order valence-electron chi connectivity index (χ0n) is 22.2. The van der Waals surface area contributed by atoms with Gasteiger partial charge in [-0.15, -0.1) is 0 Å². The molecule has 0 bridgehead atoms. The van der Waals surface area contributed by atoms with Gasteiger partial charge in [-0.1, -0.05) is 46.3 Å². The molecule has 0 aromatic rings. The lowest BCUT2D eigenvalue weighted by Gasteiger charge is -2.58. The van der Waals surface area contributed by atoms with Gasteiger partial charge in [0, 0.05) is 0 Å². The molecule has 2 N–H and O–H groups in total. The van der Waals surface area contributed by atoms with Crippen molar-refractivity contribution < 1.29 is 28.0 Å². The maximum absolute atomic E-state index is 11.4. The fraction of sp³-hybridized carbons (Fsp3) is 0.926. The Morgan fingerprint density at radius 1 is 1.09 bits per heavy atom. The van der Waals surface area contributed by atoms with Crippen molar-refractivity contribution in [3.8, 4) is 0 Å². The summed E-state index contributed by atoms with van der Waals surface area (Å²) in [5, 5.41) is 0. The minimum atomic E-state index is -4.47. The standard InChI is InChI=1S/C27H46O6P2/c1-17(2)25(33-35(29,30)31)11-6-18(3)22-9-10-23-21-8-7-19-16-20(32-34-28)12-14-26(19,4)24(21)13-15-27(22,23)5/h7,17-18,20-25H,6,8-16H2,1-5H3,(H2,29,30,31)/t18-,20+,21+,22-,23+,24+,25?,26+,27-/m1/s1. The molecule has 1 unspecified atom stereocenters. The summed E-state index contributed by atoms with van der Waals surface area (Å²) >= 11 is 0. The SMILES string of the molecule is CC(C)C(CC[C@@H](C)[C@H]1CC[C@H]2[C@@H]3CC=C4C[C@@H](OP=O)CC[C@]4(C)[C@H]3CC[C@]12C)OP(=O)(O)O. The minimum absolute atomic E-state index is 0.0785. The molecule has 9 atom stereocenters. The van der Waals surface area contributed by atoms with E-state index in [4.69, 9.17) is 9.05 Å². The third-order valence-electron chi connectivity index (χ3n) is 10.9. The van der Waals surface area contributed by atoms with Crippen molar-refractivity contribution in [3.63, 3.8) is 0 Å². The number of allylic oxidation sites excluding steroid dienone is 1. The fourth-order valence-electron chi connectivity index (χ4n) is 9.07. The molecule has 0 heterocycles. The van der Waals surface area contributed by atoms with Gasteiger partial charge in [-0.3, -0.25) is 9.05 Å². The van der Waals surface area contributed by atoms with E-state index in [1.165, 1.54) is 32.1 Å². The summed E-state index contributed by atoms with van der Waals surface area (Å²) in [5.74, 6) is 3.50. The van der Waals surface area contributed by atoms with Crippen molar-refractivity contribution in [1.82, 2.24) is 0 Å². The topological polar surface area (TPSA) is 93.1 Å². The predicted octanol–water partition coefficient (Wildman–Crippen LogP) is 7.71. The summed E-state index contributed by atoms with van der Waals surface area (Å²) in [5.41, 5.74) is 2.16. The molecule has 0 spiro atoms. The summed E-state index contributed by atoms with van der Waals surface area (Å²) < 4.78 is 33.0. The number of rotatable bonds is 9. The quantitative estimate of drug-likeness (QED) is 0.235. The van der Waals surface area contributed by atoms with Gasteiger partial charge in [0.05, 0.1) is 12.2 Å². The van der Waals surface area contributed by atoms with E-state index in [1.54, 1.807) is 5.57 Å². The predicted molar refractivity (Wildman–Crippen MR) is 138 cm³/mol. The smallest absolute Gasteiger partial charge is 0.303 e. The van der Waals surface area contributed by atoms with Gasteiger partial charge in [-0.05, 0) is 111 Å². The highest BCUT2D eigenvalue weighted by atomic mass is 31.2. The number of hydrogen-bond acceptors (Lipinski definition) is 4. The Balaban J connectivity index is 1.44. The molecule has 4 rings (SSSR count). The van der Waals surface area contributed by atoms with Crippen LogP contribution in [0.25, 0.3) is 0 Å². The Hall–Kier alpha value is -0.0900. The minimum Gasteiger partial charge on any atom is -0.303 e. The van der Waals surface area contributed by atoms with Crippen LogP contribution < -0.4 is 0 Å². The number of phosphoric acid groups is 1. The van der Waals surface area contributed by atoms with Gasteiger partial charge in [-0.2, -0.15) is 0 Å². The molecular formula is C27H46O6P2. The molecule has 35 heavy (non-hydrogen) atoms. The molecular weight excluding hydrogens is 482 g/mol. The molecule has 4 aliphatic carbocycles. The Bertz CT molecular complexity index is 855. The van der Waals surface area contributed by atoms with Gasteiger partial charge in [0.15, 0.2) is 0 Å². The number of hydrogen-bond donors (Lipinski definition) is 2. The van der Waals surface area contributed by atoms with Crippen LogP contribution in [0.5, 0.6) is 0 Å². The first-order chi connectivity index (χ1) is 16.4. The maximum atomic E-state index is 11.4. The van der Waals surface area contributed by atoms with Crippen LogP contribution in [0.3, 0.4) is 0 Å². The second-order valence-corrected chi connectivity index (χ2v) is 14.5. The first-order valence-corrected chi connectivity index (χ1v) is 16.1. The van der Waals surface area contributed by atoms with Crippen LogP contribution >= 0.6 is 16.5 Å². The Kier molecular flexibility index (Phi) is 8.45. The van der Waals surface area contributed by atoms with Crippen molar-refractivity contribution in [1.29, 1.82) is 0 Å². The van der Waals surface area contributed by atoms with Crippen LogP contribution in [-0.4, -0.2) is 22.0 Å². The summed E-state index contributed by atoms with van der Waals surface area (Å²) in [4.78, 5) is 18.7. The van der Waals surface area contributed by atoms with Crippen LogP contribution in [0, 0.1) is 46.3 Å². The van der Waals surface area contributed by atoms with Crippen molar-refractivity contribution in [2.45, 2.75) is 111 Å². The van der Waals surface area contributed by atoms with Crippen molar-refractivity contribution in [2.24, 2.45) is 46.3 Å². The Morgan fingerprint density at radius 3 is 2.49 bits per heavy atom. The first-order valence-electron chi connectivity index (χ1n) is 13.8. The fourth-order valence-corrected chi connectivity index (χ4v) is 10.1. The molecule has 0 aromatic heterocycles. The van der Waals surface area contributed by atoms with Gasteiger partial charge < -0.3 is 9.79 Å². The molecule has 3 saturated carbocycles. The lowest BCUT2D eigenvalue weighted by atomic mass is 9.47. The second kappa shape index (κ2) is 10.6. The molecule has 0 saturated heterocycles. The van der Waals surface area contributed by atoms with Gasteiger partial charge >= 0.3 is 16.5 Å². The van der Waals surface area contributed by atoms with E-state index in [2.05, 4.69) is 26.8 Å². The Labute approximate surface area is 213 Å². The van der Waals surface area contributed by atoms with Gasteiger partial charge in [0.2, 0.25) is 0 Å². The lowest BCUT2D eigenvalue weighted by molar-refractivity contribution is -0.0561. The van der Waals surface area contributed by atoms with Crippen LogP contribution in [0.1, 0.15) is 98.8 Å². The van der Waals surface area contributed by atoms with E-state index in [1.807, 2.05) is 13.8 Å². The monoisotopic (exact) mass is 528 g/mol. The normalized spacial score (nSPS) is 41.1. The molecule has 0 amide bonds. The molecule has 0 radical (unpaired) electrons. The van der Waals surface area contributed by atoms with E-state index in [0.717, 1.165) is 43.4 Å². The maximum Gasteiger partial charge on any atom is 0.469 e. The van der Waals surface area contributed by atoms with Crippen LogP contribution in [0.2, 0.25) is 0 Å². The first kappa shape index (κ1) is 27.9. The average Bonchev–Trinajstić information content (AvgIpc) is 3.13.